The molecule has 0 aliphatic rings. The molecule has 0 aromatic rings. The topological polar surface area (TPSA) is 0 Å². The fraction of sp³-hybridized carbons (Fsp3) is 1.00. The molecule has 0 rings (SSSR count). The van der Waals surface area contributed by atoms with Crippen molar-refractivity contribution in [3.8, 4) is 0 Å². The van der Waals surface area contributed by atoms with Crippen LogP contribution in [0.15, 0.2) is 0 Å². The van der Waals surface area contributed by atoms with E-state index in [1.807, 2.05) is 0 Å². The molecule has 0 radical (unpaired) electrons. The summed E-state index contributed by atoms with van der Waals surface area (Å²) in [5.41, 5.74) is 0. The van der Waals surface area contributed by atoms with Crippen molar-refractivity contribution in [1.29, 1.82) is 0 Å². The molecule has 0 N–H and O–H groups in total. The molecule has 3 heteroatoms. The SMILES string of the molecule is CCC(C)C([SiH3])(Cl)Cl. The van der Waals surface area contributed by atoms with Gasteiger partial charge in [-0.3, -0.25) is 0 Å². The van der Waals surface area contributed by atoms with Crippen LogP contribution >= 0.6 is 23.2 Å². The minimum atomic E-state index is -0.408. The Morgan fingerprint density at radius 1 is 1.62 bits per heavy atom. The first-order valence-corrected chi connectivity index (χ1v) is 4.62. The first kappa shape index (κ1) is 8.80. The van der Waals surface area contributed by atoms with E-state index in [-0.39, 0.29) is 0 Å². The first-order valence-electron chi connectivity index (χ1n) is 2.86. The van der Waals surface area contributed by atoms with Crippen LogP contribution in [0.2, 0.25) is 0 Å². The lowest BCUT2D eigenvalue weighted by atomic mass is 10.1. The van der Waals surface area contributed by atoms with Crippen molar-refractivity contribution in [3.63, 3.8) is 0 Å². The Hall–Kier alpha value is 0.797. The van der Waals surface area contributed by atoms with E-state index in [0.29, 0.717) is 5.92 Å². The molecule has 0 heterocycles. The molecule has 8 heavy (non-hydrogen) atoms. The third-order valence-electron chi connectivity index (χ3n) is 1.48. The summed E-state index contributed by atoms with van der Waals surface area (Å²) >= 11 is 11.6. The summed E-state index contributed by atoms with van der Waals surface area (Å²) in [4.78, 5) is 0. The summed E-state index contributed by atoms with van der Waals surface area (Å²) in [6.45, 7) is 4.18. The zero-order valence-corrected chi connectivity index (χ0v) is 9.05. The van der Waals surface area contributed by atoms with Crippen LogP contribution in [-0.4, -0.2) is 14.2 Å². The van der Waals surface area contributed by atoms with Crippen molar-refractivity contribution in [2.75, 3.05) is 0 Å². The van der Waals surface area contributed by atoms with Crippen LogP contribution in [0.4, 0.5) is 0 Å². The number of rotatable bonds is 2. The van der Waals surface area contributed by atoms with Crippen LogP contribution in [0.3, 0.4) is 0 Å². The molecular weight excluding hydrogens is 159 g/mol. The maximum atomic E-state index is 5.81. The molecule has 0 saturated carbocycles. The maximum Gasteiger partial charge on any atom is 0.0996 e. The molecule has 50 valence electrons. The standard InChI is InChI=1S/C5H12Cl2Si/c1-3-4(2)5(6,7)8/h4H,3H2,1-2,8H3. The van der Waals surface area contributed by atoms with Gasteiger partial charge in [-0.1, -0.05) is 20.3 Å². The molecule has 0 aliphatic heterocycles. The van der Waals surface area contributed by atoms with Gasteiger partial charge in [0.15, 0.2) is 0 Å². The van der Waals surface area contributed by atoms with Crippen molar-refractivity contribution in [1.82, 2.24) is 0 Å². The van der Waals surface area contributed by atoms with E-state index in [9.17, 15) is 0 Å². The van der Waals surface area contributed by atoms with Gasteiger partial charge in [0, 0.05) is 10.2 Å². The van der Waals surface area contributed by atoms with Gasteiger partial charge in [-0.25, -0.2) is 0 Å². The Labute approximate surface area is 64.0 Å². The van der Waals surface area contributed by atoms with Gasteiger partial charge in [0.1, 0.15) is 0 Å². The zero-order chi connectivity index (χ0) is 6.78. The predicted molar refractivity (Wildman–Crippen MR) is 43.8 cm³/mol. The third-order valence-corrected chi connectivity index (χ3v) is 3.21. The quantitative estimate of drug-likeness (QED) is 0.436. The van der Waals surface area contributed by atoms with E-state index in [4.69, 9.17) is 23.2 Å². The molecule has 0 nitrogen and oxygen atoms in total. The highest BCUT2D eigenvalue weighted by Gasteiger charge is 2.22. The second-order valence-corrected chi connectivity index (χ2v) is 6.87. The Kier molecular flexibility index (Phi) is 3.40. The normalized spacial score (nSPS) is 16.5. The summed E-state index contributed by atoms with van der Waals surface area (Å²) in [6, 6.07) is 0. The molecule has 0 aliphatic carbocycles. The maximum absolute atomic E-state index is 5.81. The van der Waals surface area contributed by atoms with E-state index in [1.165, 1.54) is 0 Å². The molecule has 0 amide bonds. The summed E-state index contributed by atoms with van der Waals surface area (Å²) in [5, 5.41) is 0. The molecule has 0 saturated heterocycles. The van der Waals surface area contributed by atoms with E-state index < -0.39 is 3.96 Å². The van der Waals surface area contributed by atoms with Crippen LogP contribution in [0.5, 0.6) is 0 Å². The van der Waals surface area contributed by atoms with Gasteiger partial charge in [0.2, 0.25) is 0 Å². The monoisotopic (exact) mass is 170 g/mol. The lowest BCUT2D eigenvalue weighted by molar-refractivity contribution is 0.575. The Morgan fingerprint density at radius 3 is 2.00 bits per heavy atom. The van der Waals surface area contributed by atoms with Crippen molar-refractivity contribution in [3.05, 3.63) is 0 Å². The fourth-order valence-corrected chi connectivity index (χ4v) is 1.08. The highest BCUT2D eigenvalue weighted by Crippen LogP contribution is 2.27. The van der Waals surface area contributed by atoms with Crippen molar-refractivity contribution >= 4 is 33.4 Å². The van der Waals surface area contributed by atoms with Gasteiger partial charge < -0.3 is 0 Å². The van der Waals surface area contributed by atoms with Gasteiger partial charge in [0.25, 0.3) is 0 Å². The number of halogens is 2. The Balaban J connectivity index is 3.62. The molecule has 0 bridgehead atoms. The van der Waals surface area contributed by atoms with Gasteiger partial charge in [-0.05, 0) is 5.92 Å². The lowest BCUT2D eigenvalue weighted by Crippen LogP contribution is -2.22. The average molecular weight is 171 g/mol. The van der Waals surface area contributed by atoms with E-state index >= 15 is 0 Å². The second-order valence-electron chi connectivity index (χ2n) is 2.27. The number of hydrogen-bond acceptors (Lipinski definition) is 0. The average Bonchev–Trinajstić information content (AvgIpc) is 1.62. The predicted octanol–water partition coefficient (Wildman–Crippen LogP) is 1.53. The van der Waals surface area contributed by atoms with E-state index in [2.05, 4.69) is 13.8 Å². The summed E-state index contributed by atoms with van der Waals surface area (Å²) < 4.78 is -0.408. The van der Waals surface area contributed by atoms with Crippen LogP contribution in [0.1, 0.15) is 20.3 Å². The van der Waals surface area contributed by atoms with E-state index in [0.717, 1.165) is 16.7 Å². The van der Waals surface area contributed by atoms with Crippen LogP contribution in [-0.2, 0) is 0 Å². The summed E-state index contributed by atoms with van der Waals surface area (Å²) in [5.74, 6) is 0.442. The van der Waals surface area contributed by atoms with Crippen LogP contribution in [0, 0.1) is 5.92 Å². The second kappa shape index (κ2) is 3.09. The summed E-state index contributed by atoms with van der Waals surface area (Å²) in [7, 11) is 0.852. The van der Waals surface area contributed by atoms with E-state index in [1.54, 1.807) is 0 Å². The molecule has 1 unspecified atom stereocenters. The molecule has 0 spiro atoms. The van der Waals surface area contributed by atoms with Crippen molar-refractivity contribution in [2.45, 2.75) is 24.2 Å². The van der Waals surface area contributed by atoms with Crippen molar-refractivity contribution in [2.24, 2.45) is 5.92 Å². The number of hydrogen-bond donors (Lipinski definition) is 0. The molecule has 0 fully saturated rings. The summed E-state index contributed by atoms with van der Waals surface area (Å²) in [6.07, 6.45) is 1.07. The molecule has 0 aromatic heterocycles. The van der Waals surface area contributed by atoms with Gasteiger partial charge in [-0.2, -0.15) is 0 Å². The minimum absolute atomic E-state index is 0.408. The highest BCUT2D eigenvalue weighted by atomic mass is 35.5. The van der Waals surface area contributed by atoms with Crippen molar-refractivity contribution < 1.29 is 0 Å². The van der Waals surface area contributed by atoms with Gasteiger partial charge in [0.05, 0.1) is 3.96 Å². The third kappa shape index (κ3) is 2.95. The van der Waals surface area contributed by atoms with Crippen LogP contribution < -0.4 is 0 Å². The number of alkyl halides is 2. The first-order chi connectivity index (χ1) is 3.48. The van der Waals surface area contributed by atoms with Gasteiger partial charge in [-0.15, -0.1) is 23.2 Å². The Morgan fingerprint density at radius 2 is 2.00 bits per heavy atom. The molecule has 1 atom stereocenters. The Bertz CT molecular complexity index is 67.3. The molecular formula is C5H12Cl2Si. The molecule has 0 aromatic carbocycles. The largest absolute Gasteiger partial charge is 0.107 e. The van der Waals surface area contributed by atoms with Gasteiger partial charge >= 0.3 is 0 Å². The zero-order valence-electron chi connectivity index (χ0n) is 5.54. The van der Waals surface area contributed by atoms with Crippen LogP contribution in [0.25, 0.3) is 0 Å². The fourth-order valence-electron chi connectivity index (χ4n) is 0.358. The minimum Gasteiger partial charge on any atom is -0.107 e. The lowest BCUT2D eigenvalue weighted by Gasteiger charge is -2.20. The highest BCUT2D eigenvalue weighted by molar-refractivity contribution is 6.65. The smallest absolute Gasteiger partial charge is 0.0996 e.